The first-order valence-electron chi connectivity index (χ1n) is 6.12. The molecule has 18 heavy (non-hydrogen) atoms. The summed E-state index contributed by atoms with van der Waals surface area (Å²) in [5, 5.41) is 7.52. The maximum Gasteiger partial charge on any atom is 0.247 e. The summed E-state index contributed by atoms with van der Waals surface area (Å²) in [6, 6.07) is 7.72. The maximum absolute atomic E-state index is 5.87. The van der Waals surface area contributed by atoms with Gasteiger partial charge in [-0.3, -0.25) is 0 Å². The quantitative estimate of drug-likeness (QED) is 0.775. The molecule has 0 spiro atoms. The first kappa shape index (κ1) is 11.0. The molecule has 0 radical (unpaired) electrons. The van der Waals surface area contributed by atoms with Gasteiger partial charge in [0, 0.05) is 5.56 Å². The molecule has 1 aliphatic rings. The molecule has 1 aromatic carbocycles. The highest BCUT2D eigenvalue weighted by Crippen LogP contribution is 2.23. The zero-order valence-corrected chi connectivity index (χ0v) is 9.95. The van der Waals surface area contributed by atoms with Crippen LogP contribution in [-0.2, 0) is 0 Å². The Morgan fingerprint density at radius 2 is 2.11 bits per heavy atom. The zero-order chi connectivity index (χ0) is 12.2. The highest BCUT2D eigenvalue weighted by Gasteiger charge is 2.10. The van der Waals surface area contributed by atoms with Crippen molar-refractivity contribution in [2.45, 2.75) is 25.4 Å². The third-order valence-electron chi connectivity index (χ3n) is 2.96. The Morgan fingerprint density at radius 1 is 1.22 bits per heavy atom. The van der Waals surface area contributed by atoms with E-state index in [0.717, 1.165) is 24.2 Å². The number of allylic oxidation sites excluding steroid dienone is 1. The van der Waals surface area contributed by atoms with Crippen molar-refractivity contribution in [1.29, 1.82) is 0 Å². The molecule has 92 valence electrons. The number of hydrogen-bond acceptors (Lipinski definition) is 4. The van der Waals surface area contributed by atoms with Gasteiger partial charge in [0.05, 0.1) is 0 Å². The lowest BCUT2D eigenvalue weighted by Gasteiger charge is -2.18. The summed E-state index contributed by atoms with van der Waals surface area (Å²) in [5.41, 5.74) is 0.902. The van der Waals surface area contributed by atoms with E-state index in [1.54, 1.807) is 0 Å². The Balaban J connectivity index is 1.71. The molecule has 0 unspecified atom stereocenters. The van der Waals surface area contributed by atoms with Crippen LogP contribution in [0.5, 0.6) is 5.75 Å². The standard InChI is InChI=1S/C14H14N2O2/c1-2-4-12(5-3-1)18-13-8-6-11(7-9-13)14-16-15-10-17-14/h2,4,6-10,12H,1,3,5H2/t12-/m0/s1. The van der Waals surface area contributed by atoms with E-state index in [0.29, 0.717) is 5.89 Å². The Hall–Kier alpha value is -2.10. The summed E-state index contributed by atoms with van der Waals surface area (Å²) in [6.45, 7) is 0. The second kappa shape index (κ2) is 5.04. The number of hydrogen-bond donors (Lipinski definition) is 0. The van der Waals surface area contributed by atoms with Crippen molar-refractivity contribution < 1.29 is 9.15 Å². The summed E-state index contributed by atoms with van der Waals surface area (Å²) in [4.78, 5) is 0. The molecular formula is C14H14N2O2. The van der Waals surface area contributed by atoms with Gasteiger partial charge < -0.3 is 9.15 Å². The monoisotopic (exact) mass is 242 g/mol. The molecule has 0 aliphatic heterocycles. The van der Waals surface area contributed by atoms with E-state index in [9.17, 15) is 0 Å². The van der Waals surface area contributed by atoms with Gasteiger partial charge in [0.25, 0.3) is 0 Å². The molecular weight excluding hydrogens is 228 g/mol. The molecule has 0 N–H and O–H groups in total. The lowest BCUT2D eigenvalue weighted by atomic mass is 10.1. The molecule has 0 bridgehead atoms. The summed E-state index contributed by atoms with van der Waals surface area (Å²) >= 11 is 0. The van der Waals surface area contributed by atoms with Crippen molar-refractivity contribution in [2.75, 3.05) is 0 Å². The van der Waals surface area contributed by atoms with Crippen molar-refractivity contribution in [3.63, 3.8) is 0 Å². The van der Waals surface area contributed by atoms with Crippen LogP contribution in [0.4, 0.5) is 0 Å². The van der Waals surface area contributed by atoms with Gasteiger partial charge >= 0.3 is 0 Å². The van der Waals surface area contributed by atoms with E-state index in [1.165, 1.54) is 12.8 Å². The van der Waals surface area contributed by atoms with Gasteiger partial charge in [-0.15, -0.1) is 10.2 Å². The van der Waals surface area contributed by atoms with Crippen LogP contribution in [0.2, 0.25) is 0 Å². The number of nitrogens with zero attached hydrogens (tertiary/aromatic N) is 2. The number of benzene rings is 1. The molecule has 4 heteroatoms. The largest absolute Gasteiger partial charge is 0.486 e. The molecule has 0 saturated carbocycles. The smallest absolute Gasteiger partial charge is 0.247 e. The molecule has 3 rings (SSSR count). The fourth-order valence-corrected chi connectivity index (χ4v) is 2.03. The lowest BCUT2D eigenvalue weighted by molar-refractivity contribution is 0.230. The first-order chi connectivity index (χ1) is 8.92. The first-order valence-corrected chi connectivity index (χ1v) is 6.12. The zero-order valence-electron chi connectivity index (χ0n) is 9.95. The third-order valence-corrected chi connectivity index (χ3v) is 2.96. The Bertz CT molecular complexity index is 517. The SMILES string of the molecule is C1=C[C@H](Oc2ccc(-c3nnco3)cc2)CCC1. The van der Waals surface area contributed by atoms with E-state index in [2.05, 4.69) is 22.3 Å². The van der Waals surface area contributed by atoms with Gasteiger partial charge in [-0.1, -0.05) is 6.08 Å². The van der Waals surface area contributed by atoms with Crippen LogP contribution in [0, 0.1) is 0 Å². The molecule has 0 saturated heterocycles. The third kappa shape index (κ3) is 2.42. The molecule has 1 aromatic heterocycles. The van der Waals surface area contributed by atoms with E-state index >= 15 is 0 Å². The van der Waals surface area contributed by atoms with Crippen molar-refractivity contribution in [3.8, 4) is 17.2 Å². The predicted molar refractivity (Wildman–Crippen MR) is 67.1 cm³/mol. The van der Waals surface area contributed by atoms with Gasteiger partial charge in [0.2, 0.25) is 12.3 Å². The minimum atomic E-state index is 0.202. The van der Waals surface area contributed by atoms with Crippen molar-refractivity contribution >= 4 is 0 Å². The summed E-state index contributed by atoms with van der Waals surface area (Å²) < 4.78 is 11.0. The van der Waals surface area contributed by atoms with E-state index in [-0.39, 0.29) is 6.10 Å². The van der Waals surface area contributed by atoms with E-state index in [4.69, 9.17) is 9.15 Å². The second-order valence-corrected chi connectivity index (χ2v) is 4.28. The number of rotatable bonds is 3. The second-order valence-electron chi connectivity index (χ2n) is 4.28. The minimum Gasteiger partial charge on any atom is -0.486 e. The molecule has 2 aromatic rings. The topological polar surface area (TPSA) is 48.2 Å². The molecule has 1 aliphatic carbocycles. The normalized spacial score (nSPS) is 18.8. The van der Waals surface area contributed by atoms with E-state index in [1.807, 2.05) is 24.3 Å². The lowest BCUT2D eigenvalue weighted by Crippen LogP contribution is -2.15. The Labute approximate surface area is 105 Å². The number of ether oxygens (including phenoxy) is 1. The van der Waals surface area contributed by atoms with Crippen LogP contribution in [0.3, 0.4) is 0 Å². The maximum atomic E-state index is 5.87. The van der Waals surface area contributed by atoms with Crippen LogP contribution >= 0.6 is 0 Å². The average Bonchev–Trinajstić information content (AvgIpc) is 2.95. The average molecular weight is 242 g/mol. The fourth-order valence-electron chi connectivity index (χ4n) is 2.03. The summed E-state index contributed by atoms with van der Waals surface area (Å²) in [7, 11) is 0. The van der Waals surface area contributed by atoms with Gasteiger partial charge in [-0.2, -0.15) is 0 Å². The molecule has 0 amide bonds. The van der Waals surface area contributed by atoms with Crippen molar-refractivity contribution in [3.05, 3.63) is 42.8 Å². The van der Waals surface area contributed by atoms with Gasteiger partial charge in [-0.05, 0) is 49.6 Å². The van der Waals surface area contributed by atoms with Crippen LogP contribution in [0.1, 0.15) is 19.3 Å². The Kier molecular flexibility index (Phi) is 3.08. The predicted octanol–water partition coefficient (Wildman–Crippen LogP) is 3.22. The highest BCUT2D eigenvalue weighted by molar-refractivity contribution is 5.53. The minimum absolute atomic E-state index is 0.202. The van der Waals surface area contributed by atoms with Crippen LogP contribution in [0.25, 0.3) is 11.5 Å². The van der Waals surface area contributed by atoms with Gasteiger partial charge in [-0.25, -0.2) is 0 Å². The number of aromatic nitrogens is 2. The van der Waals surface area contributed by atoms with Crippen LogP contribution < -0.4 is 4.74 Å². The van der Waals surface area contributed by atoms with Crippen LogP contribution in [0.15, 0.2) is 47.2 Å². The van der Waals surface area contributed by atoms with Gasteiger partial charge in [0.15, 0.2) is 0 Å². The molecule has 1 heterocycles. The Morgan fingerprint density at radius 3 is 2.78 bits per heavy atom. The van der Waals surface area contributed by atoms with Crippen molar-refractivity contribution in [2.24, 2.45) is 0 Å². The molecule has 0 fully saturated rings. The van der Waals surface area contributed by atoms with Crippen LogP contribution in [-0.4, -0.2) is 16.3 Å². The molecule has 1 atom stereocenters. The summed E-state index contributed by atoms with van der Waals surface area (Å²) in [5.74, 6) is 1.40. The van der Waals surface area contributed by atoms with Crippen molar-refractivity contribution in [1.82, 2.24) is 10.2 Å². The highest BCUT2D eigenvalue weighted by atomic mass is 16.5. The fraction of sp³-hybridized carbons (Fsp3) is 0.286. The van der Waals surface area contributed by atoms with Gasteiger partial charge in [0.1, 0.15) is 11.9 Å². The summed E-state index contributed by atoms with van der Waals surface area (Å²) in [6.07, 6.45) is 9.29. The molecule has 4 nitrogen and oxygen atoms in total. The van der Waals surface area contributed by atoms with E-state index < -0.39 is 0 Å².